The number of likely N-dealkylation sites (tertiary alicyclic amines) is 1. The maximum Gasteiger partial charge on any atom is 0.296 e. The van der Waals surface area contributed by atoms with E-state index in [0.29, 0.717) is 23.4 Å². The number of hydrogen-bond acceptors (Lipinski definition) is 6. The summed E-state index contributed by atoms with van der Waals surface area (Å²) < 4.78 is 5.74. The molecule has 3 aromatic rings. The lowest BCUT2D eigenvalue weighted by Gasteiger charge is -2.24. The van der Waals surface area contributed by atoms with Gasteiger partial charge in [-0.1, -0.05) is 12.1 Å². The maximum atomic E-state index is 13.1. The average molecular weight is 427 g/mol. The molecule has 1 fully saturated rings. The minimum atomic E-state index is -0.818. The molecule has 32 heavy (non-hydrogen) atoms. The summed E-state index contributed by atoms with van der Waals surface area (Å²) in [6, 6.07) is 15.2. The molecule has 2 unspecified atom stereocenters. The Morgan fingerprint density at radius 2 is 1.88 bits per heavy atom. The van der Waals surface area contributed by atoms with E-state index in [9.17, 15) is 14.7 Å². The van der Waals surface area contributed by atoms with Crippen LogP contribution in [-0.4, -0.2) is 37.8 Å². The van der Waals surface area contributed by atoms with Gasteiger partial charge in [-0.2, -0.15) is 0 Å². The molecule has 7 nitrogen and oxygen atoms in total. The molecule has 4 heterocycles. The van der Waals surface area contributed by atoms with Gasteiger partial charge in [-0.3, -0.25) is 19.6 Å². The third kappa shape index (κ3) is 3.41. The van der Waals surface area contributed by atoms with Gasteiger partial charge in [-0.05, 0) is 55.0 Å². The van der Waals surface area contributed by atoms with Crippen LogP contribution < -0.4 is 4.74 Å². The second-order valence-corrected chi connectivity index (χ2v) is 7.96. The zero-order chi connectivity index (χ0) is 22.2. The zero-order valence-corrected chi connectivity index (χ0v) is 17.4. The van der Waals surface area contributed by atoms with E-state index < -0.39 is 17.7 Å². The minimum Gasteiger partial charge on any atom is -0.507 e. The highest BCUT2D eigenvalue weighted by Crippen LogP contribution is 2.40. The van der Waals surface area contributed by atoms with Crippen LogP contribution in [-0.2, 0) is 22.6 Å². The molecule has 0 radical (unpaired) electrons. The SMILES string of the molecule is CC1Cc2cc(/C(O)=C3/C(=O)C(=O)N(Cc4ccccn4)C3c3ccccn3)ccc2O1. The first-order valence-corrected chi connectivity index (χ1v) is 10.4. The summed E-state index contributed by atoms with van der Waals surface area (Å²) in [5, 5.41) is 11.2. The summed E-state index contributed by atoms with van der Waals surface area (Å²) in [6.45, 7) is 2.10. The molecule has 1 amide bonds. The summed E-state index contributed by atoms with van der Waals surface area (Å²) in [6.07, 6.45) is 4.01. The number of aliphatic hydroxyl groups excluding tert-OH is 1. The molecule has 2 atom stereocenters. The third-order valence-corrected chi connectivity index (χ3v) is 5.74. The summed E-state index contributed by atoms with van der Waals surface area (Å²) >= 11 is 0. The largest absolute Gasteiger partial charge is 0.507 e. The van der Waals surface area contributed by atoms with Gasteiger partial charge in [0.2, 0.25) is 0 Å². The monoisotopic (exact) mass is 427 g/mol. The van der Waals surface area contributed by atoms with Crippen LogP contribution in [0.5, 0.6) is 5.75 Å². The lowest BCUT2D eigenvalue weighted by Crippen LogP contribution is -2.29. The first kappa shape index (κ1) is 19.9. The zero-order valence-electron chi connectivity index (χ0n) is 17.4. The molecule has 1 saturated heterocycles. The third-order valence-electron chi connectivity index (χ3n) is 5.74. The van der Waals surface area contributed by atoms with Gasteiger partial charge < -0.3 is 14.7 Å². The van der Waals surface area contributed by atoms with Crippen molar-refractivity contribution in [1.82, 2.24) is 14.9 Å². The van der Waals surface area contributed by atoms with Crippen LogP contribution >= 0.6 is 0 Å². The van der Waals surface area contributed by atoms with Gasteiger partial charge in [0.15, 0.2) is 0 Å². The van der Waals surface area contributed by atoms with E-state index in [-0.39, 0.29) is 24.0 Å². The summed E-state index contributed by atoms with van der Waals surface area (Å²) in [5.41, 5.74) is 2.59. The average Bonchev–Trinajstić information content (AvgIpc) is 3.31. The number of amides is 1. The van der Waals surface area contributed by atoms with Gasteiger partial charge in [0.25, 0.3) is 11.7 Å². The van der Waals surface area contributed by atoms with Crippen molar-refractivity contribution in [3.05, 3.63) is 95.1 Å². The number of rotatable bonds is 4. The van der Waals surface area contributed by atoms with E-state index in [0.717, 1.165) is 11.3 Å². The number of pyridine rings is 2. The second-order valence-electron chi connectivity index (χ2n) is 7.96. The molecule has 7 heteroatoms. The molecule has 1 aromatic carbocycles. The first-order chi connectivity index (χ1) is 15.5. The first-order valence-electron chi connectivity index (χ1n) is 10.4. The molecule has 0 spiro atoms. The molecule has 5 rings (SSSR count). The summed E-state index contributed by atoms with van der Waals surface area (Å²) in [4.78, 5) is 36.2. The predicted octanol–water partition coefficient (Wildman–Crippen LogP) is 3.42. The van der Waals surface area contributed by atoms with E-state index in [2.05, 4.69) is 9.97 Å². The Hall–Kier alpha value is -4.00. The van der Waals surface area contributed by atoms with Crippen LogP contribution in [0.3, 0.4) is 0 Å². The highest BCUT2D eigenvalue weighted by atomic mass is 16.5. The van der Waals surface area contributed by atoms with Gasteiger partial charge in [-0.15, -0.1) is 0 Å². The van der Waals surface area contributed by atoms with E-state index >= 15 is 0 Å². The molecule has 1 N–H and O–H groups in total. The molecule has 160 valence electrons. The molecule has 0 saturated carbocycles. The number of carbonyl (C=O) groups excluding carboxylic acids is 2. The van der Waals surface area contributed by atoms with Crippen LogP contribution in [0.4, 0.5) is 0 Å². The normalized spacial score (nSPS) is 21.5. The van der Waals surface area contributed by atoms with Gasteiger partial charge >= 0.3 is 0 Å². The van der Waals surface area contributed by atoms with Crippen molar-refractivity contribution in [3.8, 4) is 5.75 Å². The van der Waals surface area contributed by atoms with Gasteiger partial charge in [0.1, 0.15) is 23.7 Å². The Balaban J connectivity index is 1.62. The van der Waals surface area contributed by atoms with Crippen LogP contribution in [0.15, 0.2) is 72.6 Å². The molecule has 2 aromatic heterocycles. The Kier molecular flexibility index (Phi) is 4.93. The number of aromatic nitrogens is 2. The topological polar surface area (TPSA) is 92.6 Å². The van der Waals surface area contributed by atoms with Crippen molar-refractivity contribution < 1.29 is 19.4 Å². The van der Waals surface area contributed by atoms with E-state index in [1.807, 2.05) is 19.1 Å². The molecule has 0 aliphatic carbocycles. The Morgan fingerprint density at radius 1 is 1.09 bits per heavy atom. The Labute approximate surface area is 185 Å². The highest BCUT2D eigenvalue weighted by molar-refractivity contribution is 6.46. The number of fused-ring (bicyclic) bond motifs is 1. The standard InChI is InChI=1S/C25H21N3O4/c1-15-12-17-13-16(8-9-20(17)32-15)23(29)21-22(19-7-3-5-11-27-19)28(25(31)24(21)30)14-18-6-2-4-10-26-18/h2-11,13,15,22,29H,12,14H2,1H3/b23-21-. The fourth-order valence-electron chi connectivity index (χ4n) is 4.28. The van der Waals surface area contributed by atoms with E-state index in [4.69, 9.17) is 4.74 Å². The Bertz CT molecular complexity index is 1220. The highest BCUT2D eigenvalue weighted by Gasteiger charge is 2.47. The maximum absolute atomic E-state index is 13.1. The van der Waals surface area contributed by atoms with Crippen molar-refractivity contribution in [2.45, 2.75) is 32.0 Å². The number of Topliss-reactive ketones (excluding diaryl/α,β-unsaturated/α-hetero) is 1. The smallest absolute Gasteiger partial charge is 0.296 e. The minimum absolute atomic E-state index is 0.0246. The van der Waals surface area contributed by atoms with Crippen LogP contribution in [0.25, 0.3) is 5.76 Å². The van der Waals surface area contributed by atoms with Crippen LogP contribution in [0, 0.1) is 0 Å². The molecule has 2 aliphatic heterocycles. The summed E-state index contributed by atoms with van der Waals surface area (Å²) in [5.74, 6) is -0.874. The van der Waals surface area contributed by atoms with Gasteiger partial charge in [-0.25, -0.2) is 0 Å². The molecule has 0 bridgehead atoms. The molecular formula is C25H21N3O4. The molecule has 2 aliphatic rings. The fraction of sp³-hybridized carbons (Fsp3) is 0.200. The lowest BCUT2D eigenvalue weighted by atomic mass is 9.97. The van der Waals surface area contributed by atoms with Crippen molar-refractivity contribution in [2.24, 2.45) is 0 Å². The quantitative estimate of drug-likeness (QED) is 0.390. The number of aliphatic hydroxyl groups is 1. The van der Waals surface area contributed by atoms with Crippen molar-refractivity contribution in [3.63, 3.8) is 0 Å². The van der Waals surface area contributed by atoms with Crippen molar-refractivity contribution in [2.75, 3.05) is 0 Å². The fourth-order valence-corrected chi connectivity index (χ4v) is 4.28. The predicted molar refractivity (Wildman–Crippen MR) is 117 cm³/mol. The number of ketones is 1. The number of nitrogens with zero attached hydrogens (tertiary/aromatic N) is 3. The summed E-state index contributed by atoms with van der Waals surface area (Å²) in [7, 11) is 0. The van der Waals surface area contributed by atoms with Gasteiger partial charge in [0, 0.05) is 24.4 Å². The lowest BCUT2D eigenvalue weighted by molar-refractivity contribution is -0.140. The van der Waals surface area contributed by atoms with Gasteiger partial charge in [0.05, 0.1) is 23.5 Å². The number of carbonyl (C=O) groups is 2. The number of hydrogen-bond donors (Lipinski definition) is 1. The van der Waals surface area contributed by atoms with Crippen LogP contribution in [0.2, 0.25) is 0 Å². The number of benzene rings is 1. The number of ether oxygens (including phenoxy) is 1. The van der Waals surface area contributed by atoms with E-state index in [1.54, 1.807) is 54.9 Å². The van der Waals surface area contributed by atoms with Crippen LogP contribution in [0.1, 0.15) is 35.5 Å². The second kappa shape index (κ2) is 7.92. The molecular weight excluding hydrogens is 406 g/mol. The van der Waals surface area contributed by atoms with E-state index in [1.165, 1.54) is 4.90 Å². The Morgan fingerprint density at radius 3 is 2.59 bits per heavy atom. The van der Waals surface area contributed by atoms with Crippen molar-refractivity contribution in [1.29, 1.82) is 0 Å². The van der Waals surface area contributed by atoms with Crippen molar-refractivity contribution >= 4 is 17.4 Å².